The number of nitrogens with one attached hydrogen (secondary N) is 2. The molecule has 0 radical (unpaired) electrons. The number of amides is 3. The summed E-state index contributed by atoms with van der Waals surface area (Å²) in [5.41, 5.74) is 0.863. The molecule has 22 heavy (non-hydrogen) atoms. The second-order valence-electron chi connectivity index (χ2n) is 4.71. The molecule has 0 fully saturated rings. The van der Waals surface area contributed by atoms with E-state index in [2.05, 4.69) is 10.6 Å². The van der Waals surface area contributed by atoms with Crippen molar-refractivity contribution in [2.75, 3.05) is 12.4 Å². The Morgan fingerprint density at radius 2 is 1.86 bits per heavy atom. The van der Waals surface area contributed by atoms with Crippen molar-refractivity contribution < 1.29 is 14.4 Å². The van der Waals surface area contributed by atoms with E-state index >= 15 is 0 Å². The summed E-state index contributed by atoms with van der Waals surface area (Å²) in [6.07, 6.45) is 0. The highest BCUT2D eigenvalue weighted by Gasteiger charge is 2.37. The largest absolute Gasteiger partial charge is 0.357 e. The molecule has 1 aromatic rings. The second-order valence-corrected chi connectivity index (χ2v) is 4.71. The highest BCUT2D eigenvalue weighted by atomic mass is 16.2. The summed E-state index contributed by atoms with van der Waals surface area (Å²) in [6.45, 7) is 7.22. The predicted octanol–water partition coefficient (Wildman–Crippen LogP) is 1.63. The number of hydrogen-bond donors (Lipinski definition) is 2. The van der Waals surface area contributed by atoms with Crippen LogP contribution in [0, 0.1) is 0 Å². The summed E-state index contributed by atoms with van der Waals surface area (Å²) in [4.78, 5) is 37.8. The molecule has 1 heterocycles. The van der Waals surface area contributed by atoms with E-state index in [1.165, 1.54) is 11.9 Å². The van der Waals surface area contributed by atoms with Crippen LogP contribution in [0.2, 0.25) is 0 Å². The van der Waals surface area contributed by atoms with Gasteiger partial charge in [-0.1, -0.05) is 26.0 Å². The zero-order chi connectivity index (χ0) is 16.9. The minimum Gasteiger partial charge on any atom is -0.357 e. The third-order valence-electron chi connectivity index (χ3n) is 3.49. The molecule has 2 rings (SSSR count). The Bertz CT molecular complexity index is 568. The van der Waals surface area contributed by atoms with Crippen molar-refractivity contribution in [3.8, 4) is 0 Å². The molecule has 1 aliphatic rings. The van der Waals surface area contributed by atoms with Gasteiger partial charge in [0.1, 0.15) is 12.1 Å². The number of anilines is 1. The van der Waals surface area contributed by atoms with Crippen molar-refractivity contribution in [3.63, 3.8) is 0 Å². The van der Waals surface area contributed by atoms with Crippen molar-refractivity contribution >= 4 is 23.4 Å². The van der Waals surface area contributed by atoms with Crippen LogP contribution in [0.3, 0.4) is 0 Å². The van der Waals surface area contributed by atoms with E-state index in [9.17, 15) is 14.4 Å². The molecule has 6 nitrogen and oxygen atoms in total. The smallest absolute Gasteiger partial charge is 0.257 e. The van der Waals surface area contributed by atoms with E-state index in [1.807, 2.05) is 13.8 Å². The fourth-order valence-electron chi connectivity index (χ4n) is 2.30. The topological polar surface area (TPSA) is 78.5 Å². The molecule has 120 valence electrons. The third-order valence-corrected chi connectivity index (χ3v) is 3.49. The molecule has 2 N–H and O–H groups in total. The van der Waals surface area contributed by atoms with E-state index in [4.69, 9.17) is 0 Å². The minimum atomic E-state index is -0.723. The molecule has 6 heteroatoms. The number of benzene rings is 1. The van der Waals surface area contributed by atoms with Gasteiger partial charge in [-0.2, -0.15) is 0 Å². The zero-order valence-electron chi connectivity index (χ0n) is 13.6. The van der Waals surface area contributed by atoms with Crippen LogP contribution in [0.5, 0.6) is 0 Å². The van der Waals surface area contributed by atoms with Gasteiger partial charge < -0.3 is 15.5 Å². The third kappa shape index (κ3) is 3.27. The summed E-state index contributed by atoms with van der Waals surface area (Å²) < 4.78 is 0. The quantitative estimate of drug-likeness (QED) is 0.871. The van der Waals surface area contributed by atoms with Gasteiger partial charge in [0.15, 0.2) is 0 Å². The SMILES string of the molecule is CC.CNC(=O)C(C)N1C(=O)c2ccccc2NC(=O)C1C. The minimum absolute atomic E-state index is 0.306. The molecular weight excluding hydrogens is 282 g/mol. The molecular formula is C16H23N3O3. The lowest BCUT2D eigenvalue weighted by Crippen LogP contribution is -2.53. The summed E-state index contributed by atoms with van der Waals surface area (Å²) in [7, 11) is 1.50. The number of carbonyl (C=O) groups is 3. The molecule has 0 saturated heterocycles. The van der Waals surface area contributed by atoms with Crippen molar-refractivity contribution in [3.05, 3.63) is 29.8 Å². The van der Waals surface area contributed by atoms with Gasteiger partial charge in [0, 0.05) is 7.05 Å². The highest BCUT2D eigenvalue weighted by Crippen LogP contribution is 2.24. The van der Waals surface area contributed by atoms with Crippen molar-refractivity contribution in [1.82, 2.24) is 10.2 Å². The molecule has 2 unspecified atom stereocenters. The molecule has 1 aromatic carbocycles. The number of fused-ring (bicyclic) bond motifs is 1. The van der Waals surface area contributed by atoms with Gasteiger partial charge in [-0.25, -0.2) is 0 Å². The Morgan fingerprint density at radius 3 is 2.45 bits per heavy atom. The predicted molar refractivity (Wildman–Crippen MR) is 85.6 cm³/mol. The van der Waals surface area contributed by atoms with Crippen LogP contribution in [-0.4, -0.2) is 41.8 Å². The van der Waals surface area contributed by atoms with Crippen LogP contribution in [0.25, 0.3) is 0 Å². The van der Waals surface area contributed by atoms with Gasteiger partial charge in [0.25, 0.3) is 5.91 Å². The van der Waals surface area contributed by atoms with Crippen LogP contribution >= 0.6 is 0 Å². The number of rotatable bonds is 2. The molecule has 0 bridgehead atoms. The van der Waals surface area contributed by atoms with Crippen LogP contribution in [0.15, 0.2) is 24.3 Å². The number of para-hydroxylation sites is 1. The van der Waals surface area contributed by atoms with Crippen molar-refractivity contribution in [2.24, 2.45) is 0 Å². The lowest BCUT2D eigenvalue weighted by molar-refractivity contribution is -0.127. The molecule has 0 aliphatic carbocycles. The first-order valence-corrected chi connectivity index (χ1v) is 7.41. The standard InChI is InChI=1S/C14H17N3O3.C2H6/c1-8(12(18)15-3)17-9(2)13(19)16-11-7-5-4-6-10(11)14(17)20;1-2/h4-9H,1-3H3,(H,15,18)(H,16,19);1-2H3. The summed E-state index contributed by atoms with van der Waals surface area (Å²) >= 11 is 0. The van der Waals surface area contributed by atoms with Crippen molar-refractivity contribution in [2.45, 2.75) is 39.8 Å². The maximum atomic E-state index is 12.6. The normalized spacial score (nSPS) is 18.2. The Hall–Kier alpha value is -2.37. The fourth-order valence-corrected chi connectivity index (χ4v) is 2.30. The van der Waals surface area contributed by atoms with Gasteiger partial charge in [-0.15, -0.1) is 0 Å². The Kier molecular flexibility index (Phi) is 6.10. The number of hydrogen-bond acceptors (Lipinski definition) is 3. The van der Waals surface area contributed by atoms with Gasteiger partial charge in [0.05, 0.1) is 11.3 Å². The average Bonchev–Trinajstić information content (AvgIpc) is 2.64. The monoisotopic (exact) mass is 305 g/mol. The van der Waals surface area contributed by atoms with Gasteiger partial charge in [-0.3, -0.25) is 14.4 Å². The van der Waals surface area contributed by atoms with E-state index in [0.717, 1.165) is 0 Å². The van der Waals surface area contributed by atoms with Gasteiger partial charge in [0.2, 0.25) is 11.8 Å². The number of likely N-dealkylation sites (N-methyl/N-ethyl adjacent to an activating group) is 1. The first-order chi connectivity index (χ1) is 10.5. The van der Waals surface area contributed by atoms with Gasteiger partial charge in [-0.05, 0) is 26.0 Å². The van der Waals surface area contributed by atoms with Crippen LogP contribution in [0.4, 0.5) is 5.69 Å². The van der Waals surface area contributed by atoms with Crippen LogP contribution in [-0.2, 0) is 9.59 Å². The van der Waals surface area contributed by atoms with Crippen LogP contribution in [0.1, 0.15) is 38.1 Å². The maximum Gasteiger partial charge on any atom is 0.257 e. The van der Waals surface area contributed by atoms with Crippen LogP contribution < -0.4 is 10.6 Å². The van der Waals surface area contributed by atoms with E-state index in [1.54, 1.807) is 38.1 Å². The number of carbonyl (C=O) groups excluding carboxylic acids is 3. The molecule has 0 aromatic heterocycles. The van der Waals surface area contributed by atoms with E-state index < -0.39 is 12.1 Å². The van der Waals surface area contributed by atoms with Crippen molar-refractivity contribution in [1.29, 1.82) is 0 Å². The first kappa shape index (κ1) is 17.7. The van der Waals surface area contributed by atoms with Gasteiger partial charge >= 0.3 is 0 Å². The Balaban J connectivity index is 0.00000116. The number of nitrogens with zero attached hydrogens (tertiary/aromatic N) is 1. The summed E-state index contributed by atoms with van der Waals surface area (Å²) in [5.74, 6) is -0.945. The second kappa shape index (κ2) is 7.59. The maximum absolute atomic E-state index is 12.6. The molecule has 0 saturated carbocycles. The molecule has 0 spiro atoms. The summed E-state index contributed by atoms with van der Waals surface area (Å²) in [5, 5.41) is 5.21. The fraction of sp³-hybridized carbons (Fsp3) is 0.438. The Labute approximate surface area is 130 Å². The average molecular weight is 305 g/mol. The Morgan fingerprint density at radius 1 is 1.27 bits per heavy atom. The molecule has 3 amide bonds. The highest BCUT2D eigenvalue weighted by molar-refractivity contribution is 6.10. The lowest BCUT2D eigenvalue weighted by atomic mass is 10.1. The molecule has 2 atom stereocenters. The van der Waals surface area contributed by atoms with E-state index in [0.29, 0.717) is 11.3 Å². The van der Waals surface area contributed by atoms with E-state index in [-0.39, 0.29) is 17.7 Å². The lowest BCUT2D eigenvalue weighted by Gasteiger charge is -2.30. The zero-order valence-corrected chi connectivity index (χ0v) is 13.6. The summed E-state index contributed by atoms with van der Waals surface area (Å²) in [6, 6.07) is 5.34. The first-order valence-electron chi connectivity index (χ1n) is 7.41. The molecule has 1 aliphatic heterocycles.